The third-order valence-electron chi connectivity index (χ3n) is 2.48. The van der Waals surface area contributed by atoms with Crippen LogP contribution in [0.25, 0.3) is 0 Å². The Kier molecular flexibility index (Phi) is 4.39. The molecule has 1 amide bonds. The molecule has 4 heteroatoms. The Balaban J connectivity index is 1.95. The molecule has 2 N–H and O–H groups in total. The molecule has 0 saturated carbocycles. The van der Waals surface area contributed by atoms with Crippen molar-refractivity contribution in [3.63, 3.8) is 0 Å². The maximum Gasteiger partial charge on any atom is 0.262 e. The second-order valence-electron chi connectivity index (χ2n) is 3.95. The van der Waals surface area contributed by atoms with Crippen LogP contribution >= 0.6 is 0 Å². The third kappa shape index (κ3) is 4.03. The lowest BCUT2D eigenvalue weighted by Gasteiger charge is -2.16. The number of carbonyl (C=O) groups excluding carboxylic acids is 1. The molecule has 2 aromatic rings. The van der Waals surface area contributed by atoms with E-state index in [-0.39, 0.29) is 6.61 Å². The minimum absolute atomic E-state index is 0.0776. The molecule has 0 aromatic heterocycles. The monoisotopic (exact) mass is 257 g/mol. The molecule has 0 radical (unpaired) electrons. The van der Waals surface area contributed by atoms with Gasteiger partial charge in [-0.25, -0.2) is 0 Å². The first kappa shape index (κ1) is 13.0. The first-order chi connectivity index (χ1) is 9.25. The number of carbonyl (C=O) groups is 1. The topological polar surface area (TPSA) is 61.6 Å². The molecule has 19 heavy (non-hydrogen) atoms. The van der Waals surface area contributed by atoms with Gasteiger partial charge in [0, 0.05) is 0 Å². The van der Waals surface area contributed by atoms with Gasteiger partial charge in [0.15, 0.2) is 0 Å². The second-order valence-corrected chi connectivity index (χ2v) is 3.95. The van der Waals surface area contributed by atoms with Gasteiger partial charge in [-0.05, 0) is 24.3 Å². The number of benzene rings is 2. The van der Waals surface area contributed by atoms with Crippen LogP contribution in [0.2, 0.25) is 0 Å². The lowest BCUT2D eigenvalue weighted by atomic mass is 10.3. The minimum Gasteiger partial charge on any atom is -0.489 e. The number of hydrogen-bond donors (Lipinski definition) is 1. The number of amides is 1. The van der Waals surface area contributed by atoms with Crippen molar-refractivity contribution in [1.82, 2.24) is 0 Å². The first-order valence-electron chi connectivity index (χ1n) is 5.94. The average Bonchev–Trinajstić information content (AvgIpc) is 2.45. The zero-order valence-corrected chi connectivity index (χ0v) is 10.4. The van der Waals surface area contributed by atoms with E-state index in [2.05, 4.69) is 0 Å². The lowest BCUT2D eigenvalue weighted by molar-refractivity contribution is -0.125. The molecule has 0 aliphatic rings. The van der Waals surface area contributed by atoms with E-state index in [1.54, 1.807) is 24.3 Å². The Morgan fingerprint density at radius 3 is 2.00 bits per heavy atom. The second kappa shape index (κ2) is 6.44. The molecule has 0 aliphatic carbocycles. The molecule has 2 aromatic carbocycles. The fourth-order valence-corrected chi connectivity index (χ4v) is 1.53. The molecule has 4 nitrogen and oxygen atoms in total. The molecule has 1 atom stereocenters. The summed E-state index contributed by atoms with van der Waals surface area (Å²) < 4.78 is 11.0. The summed E-state index contributed by atoms with van der Waals surface area (Å²) in [5, 5.41) is 0. The van der Waals surface area contributed by atoms with Gasteiger partial charge in [-0.2, -0.15) is 0 Å². The van der Waals surface area contributed by atoms with E-state index in [0.717, 1.165) is 0 Å². The van der Waals surface area contributed by atoms with E-state index < -0.39 is 12.0 Å². The summed E-state index contributed by atoms with van der Waals surface area (Å²) in [7, 11) is 0. The van der Waals surface area contributed by atoms with E-state index in [4.69, 9.17) is 15.2 Å². The Labute approximate surface area is 111 Å². The maximum absolute atomic E-state index is 11.3. The first-order valence-corrected chi connectivity index (χ1v) is 5.94. The molecule has 2 rings (SSSR count). The number of rotatable bonds is 6. The van der Waals surface area contributed by atoms with Crippen LogP contribution in [0.3, 0.4) is 0 Å². The van der Waals surface area contributed by atoms with Crippen molar-refractivity contribution in [2.45, 2.75) is 6.10 Å². The Bertz CT molecular complexity index is 513. The summed E-state index contributed by atoms with van der Waals surface area (Å²) in [6, 6.07) is 18.2. The molecule has 0 spiro atoms. The van der Waals surface area contributed by atoms with Gasteiger partial charge >= 0.3 is 0 Å². The number of ether oxygens (including phenoxy) is 2. The molecule has 0 heterocycles. The average molecular weight is 257 g/mol. The summed E-state index contributed by atoms with van der Waals surface area (Å²) in [5.41, 5.74) is 5.30. The van der Waals surface area contributed by atoms with Gasteiger partial charge < -0.3 is 15.2 Å². The van der Waals surface area contributed by atoms with Gasteiger partial charge in [0.1, 0.15) is 18.1 Å². The van der Waals surface area contributed by atoms with Crippen molar-refractivity contribution in [2.75, 3.05) is 6.61 Å². The molecule has 0 saturated heterocycles. The van der Waals surface area contributed by atoms with Gasteiger partial charge in [0.2, 0.25) is 6.10 Å². The van der Waals surface area contributed by atoms with Crippen LogP contribution in [0.4, 0.5) is 0 Å². The van der Waals surface area contributed by atoms with Crippen LogP contribution in [-0.4, -0.2) is 18.6 Å². The van der Waals surface area contributed by atoms with Gasteiger partial charge in [0.25, 0.3) is 5.91 Å². The van der Waals surface area contributed by atoms with Crippen LogP contribution < -0.4 is 15.2 Å². The van der Waals surface area contributed by atoms with Crippen LogP contribution in [-0.2, 0) is 4.79 Å². The van der Waals surface area contributed by atoms with E-state index in [1.807, 2.05) is 36.4 Å². The highest BCUT2D eigenvalue weighted by atomic mass is 16.5. The maximum atomic E-state index is 11.3. The molecule has 0 fully saturated rings. The number of hydrogen-bond acceptors (Lipinski definition) is 3. The SMILES string of the molecule is NC(=O)C(COc1ccccc1)Oc1ccccc1. The molecule has 98 valence electrons. The number of para-hydroxylation sites is 2. The van der Waals surface area contributed by atoms with Crippen molar-refractivity contribution < 1.29 is 14.3 Å². The number of nitrogens with two attached hydrogens (primary N) is 1. The van der Waals surface area contributed by atoms with Crippen molar-refractivity contribution in [2.24, 2.45) is 5.73 Å². The zero-order valence-electron chi connectivity index (χ0n) is 10.4. The molecule has 1 unspecified atom stereocenters. The molecular formula is C15H15NO3. The van der Waals surface area contributed by atoms with Crippen LogP contribution in [0, 0.1) is 0 Å². The van der Waals surface area contributed by atoms with Crippen molar-refractivity contribution >= 4 is 5.91 Å². The van der Waals surface area contributed by atoms with E-state index in [0.29, 0.717) is 11.5 Å². The molecule has 0 aliphatic heterocycles. The van der Waals surface area contributed by atoms with Gasteiger partial charge in [-0.1, -0.05) is 36.4 Å². The largest absolute Gasteiger partial charge is 0.489 e. The highest BCUT2D eigenvalue weighted by Gasteiger charge is 2.18. The quantitative estimate of drug-likeness (QED) is 0.861. The van der Waals surface area contributed by atoms with Crippen molar-refractivity contribution in [1.29, 1.82) is 0 Å². The molecule has 0 bridgehead atoms. The number of primary amides is 1. The summed E-state index contributed by atoms with van der Waals surface area (Å²) in [5.74, 6) is 0.702. The summed E-state index contributed by atoms with van der Waals surface area (Å²) >= 11 is 0. The predicted octanol–water partition coefficient (Wildman–Crippen LogP) is 2.00. The highest BCUT2D eigenvalue weighted by molar-refractivity contribution is 5.79. The van der Waals surface area contributed by atoms with Gasteiger partial charge in [0.05, 0.1) is 0 Å². The van der Waals surface area contributed by atoms with Crippen LogP contribution in [0.1, 0.15) is 0 Å². The van der Waals surface area contributed by atoms with Gasteiger partial charge in [-0.15, -0.1) is 0 Å². The van der Waals surface area contributed by atoms with E-state index in [1.165, 1.54) is 0 Å². The van der Waals surface area contributed by atoms with E-state index >= 15 is 0 Å². The van der Waals surface area contributed by atoms with Crippen molar-refractivity contribution in [3.05, 3.63) is 60.7 Å². The Morgan fingerprint density at radius 1 is 0.947 bits per heavy atom. The minimum atomic E-state index is -0.817. The summed E-state index contributed by atoms with van der Waals surface area (Å²) in [6.07, 6.45) is -0.817. The van der Waals surface area contributed by atoms with Crippen LogP contribution in [0.5, 0.6) is 11.5 Å². The van der Waals surface area contributed by atoms with Gasteiger partial charge in [-0.3, -0.25) is 4.79 Å². The van der Waals surface area contributed by atoms with Crippen molar-refractivity contribution in [3.8, 4) is 11.5 Å². The van der Waals surface area contributed by atoms with E-state index in [9.17, 15) is 4.79 Å². The highest BCUT2D eigenvalue weighted by Crippen LogP contribution is 2.13. The summed E-state index contributed by atoms with van der Waals surface area (Å²) in [6.45, 7) is 0.0776. The predicted molar refractivity (Wildman–Crippen MR) is 72.0 cm³/mol. The van der Waals surface area contributed by atoms with Crippen LogP contribution in [0.15, 0.2) is 60.7 Å². The lowest BCUT2D eigenvalue weighted by Crippen LogP contribution is -2.38. The fraction of sp³-hybridized carbons (Fsp3) is 0.133. The Morgan fingerprint density at radius 2 is 1.47 bits per heavy atom. The fourth-order valence-electron chi connectivity index (χ4n) is 1.53. The Hall–Kier alpha value is -2.49. The zero-order chi connectivity index (χ0) is 13.5. The smallest absolute Gasteiger partial charge is 0.262 e. The third-order valence-corrected chi connectivity index (χ3v) is 2.48. The standard InChI is InChI=1S/C15H15NO3/c16-15(17)14(19-13-9-5-2-6-10-13)11-18-12-7-3-1-4-8-12/h1-10,14H,11H2,(H2,16,17). The normalized spacial score (nSPS) is 11.6. The molecular weight excluding hydrogens is 242 g/mol. The summed E-state index contributed by atoms with van der Waals surface area (Å²) in [4.78, 5) is 11.3.